The van der Waals surface area contributed by atoms with Gasteiger partial charge in [0, 0.05) is 5.56 Å². The van der Waals surface area contributed by atoms with E-state index in [4.69, 9.17) is 0 Å². The molecule has 0 saturated carbocycles. The van der Waals surface area contributed by atoms with Gasteiger partial charge < -0.3 is 0 Å². The Morgan fingerprint density at radius 1 is 0.667 bits per heavy atom. The van der Waals surface area contributed by atoms with E-state index in [-0.39, 0.29) is 0 Å². The molecule has 2 heteroatoms. The first-order chi connectivity index (χ1) is 10.4. The van der Waals surface area contributed by atoms with Gasteiger partial charge in [0.15, 0.2) is 0 Å². The van der Waals surface area contributed by atoms with Crippen molar-refractivity contribution in [3.63, 3.8) is 0 Å². The fraction of sp³-hybridized carbons (Fsp3) is 0.0526. The molecule has 2 N–H and O–H groups in total. The lowest BCUT2D eigenvalue weighted by atomic mass is 9.95. The SMILES string of the molecule is ONc1ccccc1-c1cccc2c1Cc1ccccc1-2. The van der Waals surface area contributed by atoms with Crippen LogP contribution in [0.25, 0.3) is 22.3 Å². The summed E-state index contributed by atoms with van der Waals surface area (Å²) in [6.45, 7) is 0. The van der Waals surface area contributed by atoms with Crippen molar-refractivity contribution in [2.45, 2.75) is 6.42 Å². The lowest BCUT2D eigenvalue weighted by molar-refractivity contribution is 0.389. The summed E-state index contributed by atoms with van der Waals surface area (Å²) in [7, 11) is 0. The zero-order valence-electron chi connectivity index (χ0n) is 11.5. The van der Waals surface area contributed by atoms with Crippen LogP contribution in [0.3, 0.4) is 0 Å². The third kappa shape index (κ3) is 1.84. The van der Waals surface area contributed by atoms with Crippen molar-refractivity contribution in [1.29, 1.82) is 0 Å². The molecular weight excluding hydrogens is 258 g/mol. The number of anilines is 1. The van der Waals surface area contributed by atoms with Crippen LogP contribution in [-0.4, -0.2) is 5.21 Å². The zero-order valence-corrected chi connectivity index (χ0v) is 11.5. The summed E-state index contributed by atoms with van der Waals surface area (Å²) in [5.41, 5.74) is 10.6. The standard InChI is InChI=1S/C19H15NO/c21-20-19-11-4-3-8-17(19)16-10-5-9-15-14-7-2-1-6-13(14)12-18(15)16/h1-11,20-21H,12H2. The largest absolute Gasteiger partial charge is 0.291 e. The molecule has 0 amide bonds. The predicted octanol–water partition coefficient (Wildman–Crippen LogP) is 4.73. The minimum absolute atomic E-state index is 0.738. The van der Waals surface area contributed by atoms with Crippen LogP contribution in [0.1, 0.15) is 11.1 Å². The first-order valence-electron chi connectivity index (χ1n) is 7.08. The molecule has 21 heavy (non-hydrogen) atoms. The Morgan fingerprint density at radius 3 is 2.10 bits per heavy atom. The van der Waals surface area contributed by atoms with Crippen LogP contribution in [0.5, 0.6) is 0 Å². The summed E-state index contributed by atoms with van der Waals surface area (Å²) in [6, 6.07) is 22.8. The maximum absolute atomic E-state index is 9.35. The second kappa shape index (κ2) is 4.76. The number of para-hydroxylation sites is 1. The lowest BCUT2D eigenvalue weighted by Gasteiger charge is -2.12. The number of rotatable bonds is 2. The molecule has 0 spiro atoms. The zero-order chi connectivity index (χ0) is 14.2. The van der Waals surface area contributed by atoms with Gasteiger partial charge in [0.1, 0.15) is 0 Å². The van der Waals surface area contributed by atoms with Crippen molar-refractivity contribution in [1.82, 2.24) is 0 Å². The average molecular weight is 273 g/mol. The first kappa shape index (κ1) is 12.2. The van der Waals surface area contributed by atoms with Crippen molar-refractivity contribution in [3.05, 3.63) is 77.9 Å². The summed E-state index contributed by atoms with van der Waals surface area (Å²) < 4.78 is 0. The van der Waals surface area contributed by atoms with E-state index in [9.17, 15) is 5.21 Å². The maximum Gasteiger partial charge on any atom is 0.0680 e. The highest BCUT2D eigenvalue weighted by Gasteiger charge is 2.21. The van der Waals surface area contributed by atoms with Crippen LogP contribution < -0.4 is 5.48 Å². The van der Waals surface area contributed by atoms with Gasteiger partial charge in [0.2, 0.25) is 0 Å². The molecule has 3 aromatic rings. The van der Waals surface area contributed by atoms with Gasteiger partial charge in [-0.3, -0.25) is 10.7 Å². The molecule has 0 fully saturated rings. The second-order valence-electron chi connectivity index (χ2n) is 5.32. The van der Waals surface area contributed by atoms with E-state index in [2.05, 4.69) is 47.9 Å². The maximum atomic E-state index is 9.35. The third-order valence-corrected chi connectivity index (χ3v) is 4.19. The lowest BCUT2D eigenvalue weighted by Crippen LogP contribution is -1.95. The highest BCUT2D eigenvalue weighted by atomic mass is 16.5. The summed E-state index contributed by atoms with van der Waals surface area (Å²) in [4.78, 5) is 0. The van der Waals surface area contributed by atoms with Gasteiger partial charge in [-0.2, -0.15) is 0 Å². The molecule has 0 atom stereocenters. The Labute approximate surface area is 123 Å². The molecule has 4 rings (SSSR count). The van der Waals surface area contributed by atoms with Crippen molar-refractivity contribution in [2.75, 3.05) is 5.48 Å². The fourth-order valence-corrected chi connectivity index (χ4v) is 3.23. The first-order valence-corrected chi connectivity index (χ1v) is 7.08. The molecule has 0 bridgehead atoms. The summed E-state index contributed by atoms with van der Waals surface area (Å²) in [6.07, 6.45) is 0.946. The number of fused-ring (bicyclic) bond motifs is 3. The van der Waals surface area contributed by atoms with E-state index in [1.54, 1.807) is 0 Å². The summed E-state index contributed by atoms with van der Waals surface area (Å²) in [5.74, 6) is 0. The van der Waals surface area contributed by atoms with Crippen LogP contribution in [0.4, 0.5) is 5.69 Å². The van der Waals surface area contributed by atoms with E-state index in [1.807, 2.05) is 24.3 Å². The van der Waals surface area contributed by atoms with Gasteiger partial charge in [-0.15, -0.1) is 0 Å². The quantitative estimate of drug-likeness (QED) is 0.518. The second-order valence-corrected chi connectivity index (χ2v) is 5.32. The molecule has 0 radical (unpaired) electrons. The Balaban J connectivity index is 1.94. The van der Waals surface area contributed by atoms with Crippen molar-refractivity contribution in [3.8, 4) is 22.3 Å². The van der Waals surface area contributed by atoms with Crippen LogP contribution >= 0.6 is 0 Å². The molecule has 0 unspecified atom stereocenters. The molecule has 0 saturated heterocycles. The van der Waals surface area contributed by atoms with Crippen molar-refractivity contribution < 1.29 is 5.21 Å². The predicted molar refractivity (Wildman–Crippen MR) is 85.5 cm³/mol. The Kier molecular flexibility index (Phi) is 2.76. The van der Waals surface area contributed by atoms with Crippen molar-refractivity contribution in [2.24, 2.45) is 0 Å². The van der Waals surface area contributed by atoms with Crippen LogP contribution in [-0.2, 0) is 6.42 Å². The van der Waals surface area contributed by atoms with Crippen LogP contribution in [0.2, 0.25) is 0 Å². The molecule has 2 nitrogen and oxygen atoms in total. The van der Waals surface area contributed by atoms with Gasteiger partial charge in [0.05, 0.1) is 5.69 Å². The Bertz CT molecular complexity index is 823. The Morgan fingerprint density at radius 2 is 1.29 bits per heavy atom. The molecule has 3 aromatic carbocycles. The highest BCUT2D eigenvalue weighted by molar-refractivity contribution is 5.88. The number of hydrogen-bond donors (Lipinski definition) is 2. The van der Waals surface area contributed by atoms with Crippen LogP contribution in [0, 0.1) is 0 Å². The molecule has 102 valence electrons. The highest BCUT2D eigenvalue weighted by Crippen LogP contribution is 2.42. The molecule has 0 aliphatic heterocycles. The average Bonchev–Trinajstić information content (AvgIpc) is 2.93. The molecule has 1 aliphatic rings. The van der Waals surface area contributed by atoms with Gasteiger partial charge in [-0.1, -0.05) is 60.7 Å². The van der Waals surface area contributed by atoms with E-state index in [0.29, 0.717) is 0 Å². The van der Waals surface area contributed by atoms with E-state index in [0.717, 1.165) is 17.7 Å². The third-order valence-electron chi connectivity index (χ3n) is 4.19. The normalized spacial score (nSPS) is 11.9. The van der Waals surface area contributed by atoms with Gasteiger partial charge in [0.25, 0.3) is 0 Å². The number of hydrogen-bond acceptors (Lipinski definition) is 2. The van der Waals surface area contributed by atoms with E-state index >= 15 is 0 Å². The minimum atomic E-state index is 0.738. The molecule has 0 heterocycles. The van der Waals surface area contributed by atoms with Crippen LogP contribution in [0.15, 0.2) is 66.7 Å². The number of nitrogens with one attached hydrogen (secondary N) is 1. The van der Waals surface area contributed by atoms with E-state index < -0.39 is 0 Å². The monoisotopic (exact) mass is 273 g/mol. The minimum Gasteiger partial charge on any atom is -0.291 e. The van der Waals surface area contributed by atoms with Gasteiger partial charge >= 0.3 is 0 Å². The topological polar surface area (TPSA) is 32.3 Å². The van der Waals surface area contributed by atoms with Gasteiger partial charge in [-0.25, -0.2) is 0 Å². The molecule has 1 aliphatic carbocycles. The molecular formula is C19H15NO. The summed E-state index contributed by atoms with van der Waals surface area (Å²) in [5, 5.41) is 9.35. The van der Waals surface area contributed by atoms with Gasteiger partial charge in [-0.05, 0) is 40.3 Å². The number of benzene rings is 3. The Hall–Kier alpha value is -2.58. The smallest absolute Gasteiger partial charge is 0.0680 e. The van der Waals surface area contributed by atoms with E-state index in [1.165, 1.54) is 27.8 Å². The van der Waals surface area contributed by atoms with Crippen molar-refractivity contribution >= 4 is 5.69 Å². The fourth-order valence-electron chi connectivity index (χ4n) is 3.23. The molecule has 0 aromatic heterocycles. The summed E-state index contributed by atoms with van der Waals surface area (Å²) >= 11 is 0.